The Labute approximate surface area is 179 Å². The summed E-state index contributed by atoms with van der Waals surface area (Å²) in [6, 6.07) is 11.3. The monoisotopic (exact) mass is 437 g/mol. The van der Waals surface area contributed by atoms with Crippen molar-refractivity contribution >= 4 is 23.2 Å². The zero-order chi connectivity index (χ0) is 22.6. The van der Waals surface area contributed by atoms with Crippen molar-refractivity contribution in [2.24, 2.45) is 5.92 Å². The number of hydrogen-bond donors (Lipinski definition) is 0. The molecule has 1 atom stereocenters. The highest BCUT2D eigenvalue weighted by Gasteiger charge is 2.36. The molecule has 30 heavy (non-hydrogen) atoms. The van der Waals surface area contributed by atoms with Crippen molar-refractivity contribution < 1.29 is 18.0 Å². The van der Waals surface area contributed by atoms with E-state index in [1.54, 1.807) is 49.3 Å². The van der Waals surface area contributed by atoms with E-state index in [2.05, 4.69) is 0 Å². The van der Waals surface area contributed by atoms with Gasteiger partial charge < -0.3 is 9.80 Å². The molecule has 4 nitrogen and oxygen atoms in total. The maximum atomic E-state index is 13.6. The highest BCUT2D eigenvalue weighted by atomic mass is 35.5. The minimum absolute atomic E-state index is 0.130. The third-order valence-corrected chi connectivity index (χ3v) is 5.09. The minimum atomic E-state index is -4.70. The van der Waals surface area contributed by atoms with E-state index in [0.717, 1.165) is 12.1 Å². The number of carbonyl (C=O) groups is 1. The van der Waals surface area contributed by atoms with Crippen molar-refractivity contribution in [1.29, 1.82) is 5.26 Å². The van der Waals surface area contributed by atoms with Crippen LogP contribution in [0.2, 0.25) is 5.02 Å². The molecule has 0 radical (unpaired) electrons. The average Bonchev–Trinajstić information content (AvgIpc) is 2.67. The van der Waals surface area contributed by atoms with E-state index in [9.17, 15) is 18.0 Å². The maximum Gasteiger partial charge on any atom is 0.417 e. The quantitative estimate of drug-likeness (QED) is 0.612. The zero-order valence-electron chi connectivity index (χ0n) is 17.2. The van der Waals surface area contributed by atoms with Gasteiger partial charge in [0.05, 0.1) is 17.2 Å². The number of nitrogens with zero attached hydrogens (tertiary/aromatic N) is 3. The molecule has 0 fully saturated rings. The van der Waals surface area contributed by atoms with Crippen LogP contribution in [0.15, 0.2) is 42.5 Å². The summed E-state index contributed by atoms with van der Waals surface area (Å²) in [5.74, 6) is -0.442. The molecule has 2 rings (SSSR count). The molecule has 0 saturated carbocycles. The van der Waals surface area contributed by atoms with Gasteiger partial charge in [0.25, 0.3) is 0 Å². The van der Waals surface area contributed by atoms with Crippen LogP contribution in [0.5, 0.6) is 0 Å². The van der Waals surface area contributed by atoms with Crippen LogP contribution in [-0.2, 0) is 17.5 Å². The number of amides is 1. The molecule has 1 amide bonds. The zero-order valence-corrected chi connectivity index (χ0v) is 17.9. The number of nitriles is 1. The lowest BCUT2D eigenvalue weighted by Gasteiger charge is -2.37. The Morgan fingerprint density at radius 3 is 2.30 bits per heavy atom. The summed E-state index contributed by atoms with van der Waals surface area (Å²) < 4.78 is 40.7. The van der Waals surface area contributed by atoms with Gasteiger partial charge in [-0.25, -0.2) is 0 Å². The minimum Gasteiger partial charge on any atom is -0.355 e. The lowest BCUT2D eigenvalue weighted by atomic mass is 9.98. The maximum absolute atomic E-state index is 13.6. The third-order valence-electron chi connectivity index (χ3n) is 4.72. The Balaban J connectivity index is 2.68. The Morgan fingerprint density at radius 1 is 1.17 bits per heavy atom. The summed E-state index contributed by atoms with van der Waals surface area (Å²) in [6.45, 7) is 3.80. The molecule has 0 bridgehead atoms. The van der Waals surface area contributed by atoms with E-state index >= 15 is 0 Å². The van der Waals surface area contributed by atoms with Crippen LogP contribution in [0.1, 0.15) is 30.5 Å². The molecule has 0 heterocycles. The fraction of sp³-hybridized carbons (Fsp3) is 0.364. The van der Waals surface area contributed by atoms with Crippen LogP contribution in [0.4, 0.5) is 18.9 Å². The van der Waals surface area contributed by atoms with Gasteiger partial charge in [-0.2, -0.15) is 18.4 Å². The molecule has 0 aliphatic heterocycles. The summed E-state index contributed by atoms with van der Waals surface area (Å²) in [6.07, 6.45) is -4.70. The van der Waals surface area contributed by atoms with Crippen LogP contribution in [0.3, 0.4) is 0 Å². The number of carbonyl (C=O) groups excluding carboxylic acids is 1. The normalized spacial score (nSPS) is 12.4. The van der Waals surface area contributed by atoms with Crippen molar-refractivity contribution in [2.75, 3.05) is 19.0 Å². The molecule has 8 heteroatoms. The van der Waals surface area contributed by atoms with E-state index in [1.807, 2.05) is 13.8 Å². The van der Waals surface area contributed by atoms with Gasteiger partial charge in [-0.05, 0) is 35.7 Å². The molecule has 0 saturated heterocycles. The Morgan fingerprint density at radius 2 is 1.80 bits per heavy atom. The van der Waals surface area contributed by atoms with Crippen molar-refractivity contribution in [2.45, 2.75) is 32.6 Å². The molecule has 0 unspecified atom stereocenters. The molecule has 0 aliphatic carbocycles. The van der Waals surface area contributed by atoms with Crippen molar-refractivity contribution in [3.8, 4) is 6.07 Å². The Bertz CT molecular complexity index is 951. The molecule has 2 aromatic carbocycles. The van der Waals surface area contributed by atoms with Gasteiger partial charge in [-0.15, -0.1) is 0 Å². The first-order valence-corrected chi connectivity index (χ1v) is 9.67. The van der Waals surface area contributed by atoms with Gasteiger partial charge in [0.2, 0.25) is 5.91 Å². The molecule has 0 spiro atoms. The second-order valence-electron chi connectivity index (χ2n) is 7.48. The van der Waals surface area contributed by atoms with Crippen LogP contribution >= 0.6 is 11.6 Å². The summed E-state index contributed by atoms with van der Waals surface area (Å²) in [4.78, 5) is 16.0. The van der Waals surface area contributed by atoms with E-state index in [0.29, 0.717) is 10.6 Å². The van der Waals surface area contributed by atoms with Gasteiger partial charge in [-0.3, -0.25) is 4.79 Å². The average molecular weight is 438 g/mol. The standard InChI is InChI=1S/C22H23ClF3N3O/c1-14(2)20(21(30)28(3)4)29(13-16-7-5-6-8-19(16)23)17-10-9-15(12-27)18(11-17)22(24,25)26/h5-11,14,20H,13H2,1-4H3/t20-/m1/s1. The Kier molecular flexibility index (Phi) is 7.38. The number of rotatable bonds is 6. The van der Waals surface area contributed by atoms with Gasteiger partial charge >= 0.3 is 6.18 Å². The number of hydrogen-bond acceptors (Lipinski definition) is 3. The highest BCUT2D eigenvalue weighted by molar-refractivity contribution is 6.31. The molecule has 2 aromatic rings. The third kappa shape index (κ3) is 5.25. The summed E-state index contributed by atoms with van der Waals surface area (Å²) in [5, 5.41) is 9.55. The first-order chi connectivity index (χ1) is 14.0. The molecule has 0 aliphatic rings. The summed E-state index contributed by atoms with van der Waals surface area (Å²) in [7, 11) is 3.20. The fourth-order valence-corrected chi connectivity index (χ4v) is 3.44. The van der Waals surface area contributed by atoms with E-state index in [4.69, 9.17) is 16.9 Å². The molecule has 0 aromatic heterocycles. The molecule has 160 valence electrons. The van der Waals surface area contributed by atoms with Gasteiger partial charge in [0.15, 0.2) is 0 Å². The Hall–Kier alpha value is -2.72. The summed E-state index contributed by atoms with van der Waals surface area (Å²) >= 11 is 6.29. The highest BCUT2D eigenvalue weighted by Crippen LogP contribution is 2.36. The summed E-state index contributed by atoms with van der Waals surface area (Å²) in [5.41, 5.74) is -0.639. The van der Waals surface area contributed by atoms with Crippen molar-refractivity contribution in [3.63, 3.8) is 0 Å². The SMILES string of the molecule is CC(C)[C@H](C(=O)N(C)C)N(Cc1ccccc1Cl)c1ccc(C#N)c(C(F)(F)F)c1. The molecular formula is C22H23ClF3N3O. The second-order valence-corrected chi connectivity index (χ2v) is 7.89. The van der Waals surface area contributed by atoms with Gasteiger partial charge in [0, 0.05) is 31.4 Å². The predicted molar refractivity (Wildman–Crippen MR) is 111 cm³/mol. The smallest absolute Gasteiger partial charge is 0.355 e. The largest absolute Gasteiger partial charge is 0.417 e. The topological polar surface area (TPSA) is 47.3 Å². The van der Waals surface area contributed by atoms with Gasteiger partial charge in [-0.1, -0.05) is 43.6 Å². The van der Waals surface area contributed by atoms with E-state index in [-0.39, 0.29) is 24.1 Å². The van der Waals surface area contributed by atoms with Crippen LogP contribution in [-0.4, -0.2) is 30.9 Å². The van der Waals surface area contributed by atoms with Crippen LogP contribution in [0.25, 0.3) is 0 Å². The van der Waals surface area contributed by atoms with Crippen LogP contribution in [0, 0.1) is 17.2 Å². The second kappa shape index (κ2) is 9.40. The number of likely N-dealkylation sites (N-methyl/N-ethyl adjacent to an activating group) is 1. The molecule has 0 N–H and O–H groups in total. The fourth-order valence-electron chi connectivity index (χ4n) is 3.25. The van der Waals surface area contributed by atoms with Crippen LogP contribution < -0.4 is 4.90 Å². The predicted octanol–water partition coefficient (Wildman–Crippen LogP) is 5.35. The van der Waals surface area contributed by atoms with Crippen molar-refractivity contribution in [3.05, 3.63) is 64.2 Å². The van der Waals surface area contributed by atoms with Gasteiger partial charge in [0.1, 0.15) is 6.04 Å². The number of anilines is 1. The first-order valence-electron chi connectivity index (χ1n) is 9.30. The van der Waals surface area contributed by atoms with Crippen molar-refractivity contribution in [1.82, 2.24) is 4.90 Å². The van der Waals surface area contributed by atoms with E-state index < -0.39 is 23.3 Å². The number of benzene rings is 2. The van der Waals surface area contributed by atoms with E-state index in [1.165, 1.54) is 11.0 Å². The number of halogens is 4. The lowest BCUT2D eigenvalue weighted by molar-refractivity contribution is -0.137. The first kappa shape index (κ1) is 23.6. The lowest BCUT2D eigenvalue weighted by Crippen LogP contribution is -2.49. The number of alkyl halides is 3. The molecular weight excluding hydrogens is 415 g/mol.